The molecule has 1 saturated heterocycles. The Labute approximate surface area is 131 Å². The molecule has 1 aliphatic heterocycles. The summed E-state index contributed by atoms with van der Waals surface area (Å²) in [6, 6.07) is 8.91. The first kappa shape index (κ1) is 17.2. The van der Waals surface area contributed by atoms with Crippen molar-refractivity contribution in [2.45, 2.75) is 29.9 Å². The second-order valence-electron chi connectivity index (χ2n) is 4.92. The highest BCUT2D eigenvalue weighted by molar-refractivity contribution is 8.00. The number of thioether (sulfide) groups is 1. The van der Waals surface area contributed by atoms with Gasteiger partial charge in [-0.25, -0.2) is 0 Å². The van der Waals surface area contributed by atoms with Gasteiger partial charge in [-0.3, -0.25) is 4.79 Å². The molecule has 5 atom stereocenters. The topological polar surface area (TPSA) is 119 Å². The van der Waals surface area contributed by atoms with Gasteiger partial charge in [0.25, 0.3) is 0 Å². The van der Waals surface area contributed by atoms with E-state index in [4.69, 9.17) is 9.84 Å². The molecule has 22 heavy (non-hydrogen) atoms. The van der Waals surface area contributed by atoms with E-state index in [2.05, 4.69) is 5.32 Å². The molecule has 0 unspecified atom stereocenters. The average Bonchev–Trinajstić information content (AvgIpc) is 2.53. The number of benzene rings is 1. The lowest BCUT2D eigenvalue weighted by Gasteiger charge is -2.39. The van der Waals surface area contributed by atoms with Crippen molar-refractivity contribution in [1.82, 2.24) is 0 Å². The van der Waals surface area contributed by atoms with Gasteiger partial charge in [0.05, 0.1) is 12.4 Å². The van der Waals surface area contributed by atoms with Crippen molar-refractivity contribution in [2.75, 3.05) is 17.7 Å². The zero-order chi connectivity index (χ0) is 16.1. The predicted molar refractivity (Wildman–Crippen MR) is 81.3 cm³/mol. The van der Waals surface area contributed by atoms with E-state index in [9.17, 15) is 20.1 Å². The molecule has 1 aliphatic rings. The smallest absolute Gasteiger partial charge is 0.234 e. The molecule has 0 bridgehead atoms. The van der Waals surface area contributed by atoms with Crippen LogP contribution in [0.5, 0.6) is 0 Å². The van der Waals surface area contributed by atoms with E-state index in [1.54, 1.807) is 24.3 Å². The minimum absolute atomic E-state index is 0.00240. The van der Waals surface area contributed by atoms with Gasteiger partial charge < -0.3 is 30.5 Å². The molecule has 1 heterocycles. The fourth-order valence-corrected chi connectivity index (χ4v) is 3.05. The fraction of sp³-hybridized carbons (Fsp3) is 0.500. The van der Waals surface area contributed by atoms with Crippen LogP contribution in [-0.4, -0.2) is 68.5 Å². The Morgan fingerprint density at radius 1 is 1.14 bits per heavy atom. The normalized spacial score (nSPS) is 31.7. The van der Waals surface area contributed by atoms with E-state index in [0.29, 0.717) is 5.69 Å². The molecule has 0 spiro atoms. The average molecular weight is 329 g/mol. The van der Waals surface area contributed by atoms with Gasteiger partial charge in [0.15, 0.2) is 0 Å². The number of aliphatic hydroxyl groups is 4. The number of anilines is 1. The van der Waals surface area contributed by atoms with Crippen molar-refractivity contribution in [1.29, 1.82) is 0 Å². The lowest BCUT2D eigenvalue weighted by Crippen LogP contribution is -2.57. The number of ether oxygens (including phenoxy) is 1. The third-order valence-electron chi connectivity index (χ3n) is 3.28. The summed E-state index contributed by atoms with van der Waals surface area (Å²) in [5.74, 6) is -0.287. The molecule has 1 aromatic carbocycles. The molecule has 0 saturated carbocycles. The molecule has 2 rings (SSSR count). The molecule has 1 amide bonds. The number of carbonyl (C=O) groups excluding carboxylic acids is 1. The summed E-state index contributed by atoms with van der Waals surface area (Å²) in [5.41, 5.74) is -0.251. The van der Waals surface area contributed by atoms with Crippen molar-refractivity contribution in [2.24, 2.45) is 0 Å². The van der Waals surface area contributed by atoms with Gasteiger partial charge in [0, 0.05) is 5.69 Å². The van der Waals surface area contributed by atoms with Crippen LogP contribution in [-0.2, 0) is 9.53 Å². The first-order valence-electron chi connectivity index (χ1n) is 6.80. The van der Waals surface area contributed by atoms with Crippen LogP contribution in [0.2, 0.25) is 0 Å². The molecule has 1 fully saturated rings. The van der Waals surface area contributed by atoms with E-state index in [1.807, 2.05) is 6.07 Å². The Morgan fingerprint density at radius 2 is 1.82 bits per heavy atom. The Hall–Kier alpha value is -1.16. The Bertz CT molecular complexity index is 485. The summed E-state index contributed by atoms with van der Waals surface area (Å²) in [7, 11) is 0. The highest BCUT2D eigenvalue weighted by Gasteiger charge is 2.43. The largest absolute Gasteiger partial charge is 0.394 e. The monoisotopic (exact) mass is 329 g/mol. The lowest BCUT2D eigenvalue weighted by molar-refractivity contribution is -0.205. The van der Waals surface area contributed by atoms with Gasteiger partial charge in [0.2, 0.25) is 5.91 Å². The van der Waals surface area contributed by atoms with Crippen molar-refractivity contribution in [3.8, 4) is 0 Å². The third-order valence-corrected chi connectivity index (χ3v) is 4.43. The molecule has 5 N–H and O–H groups in total. The Kier molecular flexibility index (Phi) is 6.18. The zero-order valence-corrected chi connectivity index (χ0v) is 12.5. The highest BCUT2D eigenvalue weighted by Crippen LogP contribution is 2.28. The van der Waals surface area contributed by atoms with Gasteiger partial charge in [-0.2, -0.15) is 0 Å². The van der Waals surface area contributed by atoms with E-state index in [0.717, 1.165) is 11.8 Å². The van der Waals surface area contributed by atoms with Gasteiger partial charge in [0.1, 0.15) is 29.9 Å². The standard InChI is InChI=1S/C14H19NO6S/c16-6-9-11(18)12(19)13(20)14(21-9)22-7-10(17)15-8-4-2-1-3-5-8/h1-5,9,11-14,16,18-20H,6-7H2,(H,15,17)/t9-,11-,12+,13-,14-/m1/s1. The number of para-hydroxylation sites is 1. The van der Waals surface area contributed by atoms with Gasteiger partial charge in [-0.1, -0.05) is 18.2 Å². The van der Waals surface area contributed by atoms with Crippen LogP contribution in [0.3, 0.4) is 0 Å². The van der Waals surface area contributed by atoms with E-state index in [-0.39, 0.29) is 11.7 Å². The van der Waals surface area contributed by atoms with Gasteiger partial charge >= 0.3 is 0 Å². The number of amides is 1. The molecule has 0 radical (unpaired) electrons. The van der Waals surface area contributed by atoms with E-state index >= 15 is 0 Å². The van der Waals surface area contributed by atoms with Crippen LogP contribution in [0, 0.1) is 0 Å². The van der Waals surface area contributed by atoms with Crippen molar-refractivity contribution < 1.29 is 30.0 Å². The fourth-order valence-electron chi connectivity index (χ4n) is 2.08. The van der Waals surface area contributed by atoms with Crippen LogP contribution in [0.1, 0.15) is 0 Å². The summed E-state index contributed by atoms with van der Waals surface area (Å²) in [6.07, 6.45) is -5.13. The first-order chi connectivity index (χ1) is 10.5. The van der Waals surface area contributed by atoms with Crippen LogP contribution in [0.4, 0.5) is 5.69 Å². The van der Waals surface area contributed by atoms with Crippen LogP contribution in [0.25, 0.3) is 0 Å². The minimum atomic E-state index is -1.43. The lowest BCUT2D eigenvalue weighted by atomic mass is 10.0. The molecule has 122 valence electrons. The van der Waals surface area contributed by atoms with Crippen LogP contribution in [0.15, 0.2) is 30.3 Å². The Morgan fingerprint density at radius 3 is 2.45 bits per heavy atom. The molecular formula is C14H19NO6S. The number of rotatable bonds is 5. The molecule has 8 heteroatoms. The van der Waals surface area contributed by atoms with Crippen molar-refractivity contribution in [3.05, 3.63) is 30.3 Å². The number of aliphatic hydroxyl groups excluding tert-OH is 4. The summed E-state index contributed by atoms with van der Waals surface area (Å²) in [4.78, 5) is 11.8. The summed E-state index contributed by atoms with van der Waals surface area (Å²) in [5, 5.41) is 41.0. The quantitative estimate of drug-likeness (QED) is 0.478. The number of nitrogens with one attached hydrogen (secondary N) is 1. The predicted octanol–water partition coefficient (Wildman–Crippen LogP) is -0.842. The SMILES string of the molecule is O=C(CS[C@H]1O[C@H](CO)[C@@H](O)[C@H](O)[C@H]1O)Nc1ccccc1. The maximum Gasteiger partial charge on any atom is 0.234 e. The van der Waals surface area contributed by atoms with Crippen LogP contribution >= 0.6 is 11.8 Å². The van der Waals surface area contributed by atoms with E-state index in [1.165, 1.54) is 0 Å². The Balaban J connectivity index is 1.86. The first-order valence-corrected chi connectivity index (χ1v) is 7.85. The third kappa shape index (κ3) is 4.19. The van der Waals surface area contributed by atoms with Gasteiger partial charge in [-0.15, -0.1) is 11.8 Å². The molecular weight excluding hydrogens is 310 g/mol. The molecule has 0 aromatic heterocycles. The number of hydrogen-bond acceptors (Lipinski definition) is 7. The second-order valence-corrected chi connectivity index (χ2v) is 6.01. The number of hydrogen-bond donors (Lipinski definition) is 5. The van der Waals surface area contributed by atoms with Gasteiger partial charge in [-0.05, 0) is 12.1 Å². The summed E-state index contributed by atoms with van der Waals surface area (Å²) in [6.45, 7) is -0.488. The maximum atomic E-state index is 11.8. The molecule has 0 aliphatic carbocycles. The molecule has 7 nitrogen and oxygen atoms in total. The minimum Gasteiger partial charge on any atom is -0.394 e. The van der Waals surface area contributed by atoms with Crippen molar-refractivity contribution >= 4 is 23.4 Å². The second kappa shape index (κ2) is 7.91. The number of carbonyl (C=O) groups is 1. The summed E-state index contributed by atoms with van der Waals surface area (Å²) < 4.78 is 5.30. The van der Waals surface area contributed by atoms with E-state index < -0.39 is 36.5 Å². The van der Waals surface area contributed by atoms with Crippen molar-refractivity contribution in [3.63, 3.8) is 0 Å². The summed E-state index contributed by atoms with van der Waals surface area (Å²) >= 11 is 0.991. The van der Waals surface area contributed by atoms with Crippen LogP contribution < -0.4 is 5.32 Å². The maximum absolute atomic E-state index is 11.8. The highest BCUT2D eigenvalue weighted by atomic mass is 32.2. The zero-order valence-electron chi connectivity index (χ0n) is 11.7. The molecule has 1 aromatic rings.